The van der Waals surface area contributed by atoms with Gasteiger partial charge in [-0.25, -0.2) is 8.78 Å². The molecule has 2 N–H and O–H groups in total. The van der Waals surface area contributed by atoms with Gasteiger partial charge < -0.3 is 10.3 Å². The summed E-state index contributed by atoms with van der Waals surface area (Å²) in [6, 6.07) is 12.9. The third-order valence-electron chi connectivity index (χ3n) is 4.32. The lowest BCUT2D eigenvalue weighted by Crippen LogP contribution is -2.31. The molecule has 1 aliphatic rings. The molecule has 0 bridgehead atoms. The average Bonchev–Trinajstić information content (AvgIpc) is 3.13. The molecule has 0 unspecified atom stereocenters. The highest BCUT2D eigenvalue weighted by Crippen LogP contribution is 2.30. The van der Waals surface area contributed by atoms with Crippen LogP contribution in [-0.2, 0) is 6.42 Å². The highest BCUT2D eigenvalue weighted by molar-refractivity contribution is 5.97. The Morgan fingerprint density at radius 3 is 2.62 bits per heavy atom. The summed E-state index contributed by atoms with van der Waals surface area (Å²) in [5.74, 6) is -2.11. The Morgan fingerprint density at radius 1 is 1.04 bits per heavy atom. The number of hydrogen-bond donors (Lipinski definition) is 2. The van der Waals surface area contributed by atoms with E-state index in [2.05, 4.69) is 15.3 Å². The van der Waals surface area contributed by atoms with Crippen LogP contribution in [0.4, 0.5) is 8.78 Å². The van der Waals surface area contributed by atoms with Gasteiger partial charge in [-0.3, -0.25) is 9.78 Å². The number of hydrogen-bond acceptors (Lipinski definition) is 2. The monoisotopic (exact) mass is 351 g/mol. The van der Waals surface area contributed by atoms with Gasteiger partial charge in [0.2, 0.25) is 0 Å². The number of pyridine rings is 1. The summed E-state index contributed by atoms with van der Waals surface area (Å²) < 4.78 is 29.0. The Labute approximate surface area is 148 Å². The maximum absolute atomic E-state index is 14.6. The van der Waals surface area contributed by atoms with Crippen LogP contribution in [0.3, 0.4) is 0 Å². The number of H-pyrrole nitrogens is 1. The molecule has 6 heteroatoms. The molecule has 1 aliphatic heterocycles. The second-order valence-corrected chi connectivity index (χ2v) is 6.00. The number of rotatable bonds is 3. The first-order valence-electron chi connectivity index (χ1n) is 8.21. The fourth-order valence-corrected chi connectivity index (χ4v) is 2.99. The lowest BCUT2D eigenvalue weighted by molar-refractivity contribution is 0.0946. The molecular formula is C20H15F2N3O. The number of carbonyl (C=O) groups is 1. The number of amides is 1. The molecule has 0 spiro atoms. The minimum Gasteiger partial charge on any atom is -0.358 e. The maximum Gasteiger partial charge on any atom is 0.253 e. The molecule has 1 aromatic carbocycles. The number of halogens is 2. The van der Waals surface area contributed by atoms with Crippen molar-refractivity contribution in [2.75, 3.05) is 6.54 Å². The first-order valence-corrected chi connectivity index (χ1v) is 8.21. The van der Waals surface area contributed by atoms with Gasteiger partial charge in [0.15, 0.2) is 11.7 Å². The molecule has 3 heterocycles. The Kier molecular flexibility index (Phi) is 4.08. The minimum absolute atomic E-state index is 0.0964. The number of fused-ring (bicyclic) bond motifs is 1. The lowest BCUT2D eigenvalue weighted by Gasteiger charge is -2.10. The van der Waals surface area contributed by atoms with Crippen molar-refractivity contribution >= 4 is 17.6 Å². The molecule has 1 amide bonds. The molecule has 26 heavy (non-hydrogen) atoms. The second-order valence-electron chi connectivity index (χ2n) is 6.00. The zero-order valence-corrected chi connectivity index (χ0v) is 13.7. The average molecular weight is 351 g/mol. The summed E-state index contributed by atoms with van der Waals surface area (Å²) in [4.78, 5) is 19.0. The van der Waals surface area contributed by atoms with Crippen LogP contribution in [-0.4, -0.2) is 22.4 Å². The standard InChI is InChI=1S/C20H15F2N3O/c21-18(12-4-2-1-3-5-12)19(22)17-10-13(6-8-23-17)16-11-14-15(25-16)7-9-24-20(14)26/h1-6,8,10-11,25H,7,9H2,(H,24,26)/b19-18+. The SMILES string of the molecule is O=C1NCCc2[nH]c(-c3ccnc(/C(F)=C(\F)c4ccccc4)c3)cc21. The third-order valence-corrected chi connectivity index (χ3v) is 4.32. The Balaban J connectivity index is 1.73. The van der Waals surface area contributed by atoms with Gasteiger partial charge >= 0.3 is 0 Å². The lowest BCUT2D eigenvalue weighted by atomic mass is 10.1. The molecule has 0 fully saturated rings. The van der Waals surface area contributed by atoms with Crippen molar-refractivity contribution in [3.63, 3.8) is 0 Å². The van der Waals surface area contributed by atoms with Crippen LogP contribution in [0.5, 0.6) is 0 Å². The normalized spacial score (nSPS) is 14.5. The summed E-state index contributed by atoms with van der Waals surface area (Å²) in [5, 5.41) is 2.78. The van der Waals surface area contributed by atoms with Crippen molar-refractivity contribution in [3.8, 4) is 11.3 Å². The summed E-state index contributed by atoms with van der Waals surface area (Å²) in [6.45, 7) is 0.576. The quantitative estimate of drug-likeness (QED) is 0.745. The summed E-state index contributed by atoms with van der Waals surface area (Å²) >= 11 is 0. The van der Waals surface area contributed by atoms with Crippen molar-refractivity contribution in [3.05, 3.63) is 77.2 Å². The Bertz CT molecular complexity index is 1010. The van der Waals surface area contributed by atoms with E-state index in [1.165, 1.54) is 24.4 Å². The third kappa shape index (κ3) is 2.90. The summed E-state index contributed by atoms with van der Waals surface area (Å²) in [6.07, 6.45) is 2.12. The molecular weight excluding hydrogens is 336 g/mol. The van der Waals surface area contributed by atoms with Gasteiger partial charge in [-0.05, 0) is 18.2 Å². The largest absolute Gasteiger partial charge is 0.358 e. The summed E-state index contributed by atoms with van der Waals surface area (Å²) in [7, 11) is 0. The van der Waals surface area contributed by atoms with E-state index in [1.54, 1.807) is 30.3 Å². The Hall–Kier alpha value is -3.28. The molecule has 130 valence electrons. The van der Waals surface area contributed by atoms with Crippen LogP contribution in [0.25, 0.3) is 22.9 Å². The minimum atomic E-state index is -1.02. The zero-order valence-electron chi connectivity index (χ0n) is 13.7. The predicted molar refractivity (Wildman–Crippen MR) is 95.5 cm³/mol. The van der Waals surface area contributed by atoms with Gasteiger partial charge in [-0.15, -0.1) is 0 Å². The van der Waals surface area contributed by atoms with E-state index < -0.39 is 11.7 Å². The molecule has 0 aliphatic carbocycles. The van der Waals surface area contributed by atoms with E-state index in [0.717, 1.165) is 5.69 Å². The smallest absolute Gasteiger partial charge is 0.253 e. The maximum atomic E-state index is 14.6. The van der Waals surface area contributed by atoms with Crippen LogP contribution in [0.1, 0.15) is 27.3 Å². The fraction of sp³-hybridized carbons (Fsp3) is 0.100. The highest BCUT2D eigenvalue weighted by Gasteiger charge is 2.20. The van der Waals surface area contributed by atoms with Crippen LogP contribution in [0.2, 0.25) is 0 Å². The number of aromatic amines is 1. The van der Waals surface area contributed by atoms with Gasteiger partial charge in [-0.2, -0.15) is 0 Å². The Morgan fingerprint density at radius 2 is 1.85 bits per heavy atom. The van der Waals surface area contributed by atoms with Crippen molar-refractivity contribution < 1.29 is 13.6 Å². The van der Waals surface area contributed by atoms with Crippen LogP contribution >= 0.6 is 0 Å². The number of nitrogens with one attached hydrogen (secondary N) is 2. The number of nitrogens with zero attached hydrogens (tertiary/aromatic N) is 1. The molecule has 0 saturated carbocycles. The zero-order chi connectivity index (χ0) is 18.1. The molecule has 3 aromatic rings. The molecule has 0 radical (unpaired) electrons. The van der Waals surface area contributed by atoms with E-state index in [1.807, 2.05) is 0 Å². The highest BCUT2D eigenvalue weighted by atomic mass is 19.2. The van der Waals surface area contributed by atoms with Crippen molar-refractivity contribution in [1.29, 1.82) is 0 Å². The fourth-order valence-electron chi connectivity index (χ4n) is 2.99. The molecule has 0 saturated heterocycles. The molecule has 2 aromatic heterocycles. The van der Waals surface area contributed by atoms with Gasteiger partial charge in [0.1, 0.15) is 5.69 Å². The van der Waals surface area contributed by atoms with Crippen LogP contribution < -0.4 is 5.32 Å². The van der Waals surface area contributed by atoms with Crippen LogP contribution in [0.15, 0.2) is 54.7 Å². The van der Waals surface area contributed by atoms with E-state index in [0.29, 0.717) is 29.8 Å². The predicted octanol–water partition coefficient (Wildman–Crippen LogP) is 4.13. The molecule has 4 nitrogen and oxygen atoms in total. The molecule has 0 atom stereocenters. The van der Waals surface area contributed by atoms with E-state index >= 15 is 0 Å². The van der Waals surface area contributed by atoms with Gasteiger partial charge in [0.05, 0.1) is 5.56 Å². The molecule has 4 rings (SSSR count). The van der Waals surface area contributed by atoms with Crippen molar-refractivity contribution in [1.82, 2.24) is 15.3 Å². The second kappa shape index (κ2) is 6.55. The number of carbonyl (C=O) groups excluding carboxylic acids is 1. The van der Waals surface area contributed by atoms with E-state index in [-0.39, 0.29) is 17.2 Å². The first-order chi connectivity index (χ1) is 12.6. The van der Waals surface area contributed by atoms with E-state index in [9.17, 15) is 13.6 Å². The van der Waals surface area contributed by atoms with Gasteiger partial charge in [0.25, 0.3) is 5.91 Å². The van der Waals surface area contributed by atoms with Gasteiger partial charge in [-0.1, -0.05) is 30.3 Å². The number of aromatic nitrogens is 2. The van der Waals surface area contributed by atoms with Gasteiger partial charge in [0, 0.05) is 41.7 Å². The summed E-state index contributed by atoms with van der Waals surface area (Å²) in [5.41, 5.74) is 2.78. The first kappa shape index (κ1) is 16.2. The van der Waals surface area contributed by atoms with Crippen molar-refractivity contribution in [2.24, 2.45) is 0 Å². The van der Waals surface area contributed by atoms with E-state index in [4.69, 9.17) is 0 Å². The number of benzene rings is 1. The van der Waals surface area contributed by atoms with Crippen molar-refractivity contribution in [2.45, 2.75) is 6.42 Å². The topological polar surface area (TPSA) is 57.8 Å². The van der Waals surface area contributed by atoms with Crippen LogP contribution in [0, 0.1) is 0 Å².